The molecule has 0 atom stereocenters. The molecule has 0 amide bonds. The van der Waals surface area contributed by atoms with Crippen LogP contribution in [0.5, 0.6) is 5.75 Å². The van der Waals surface area contributed by atoms with Gasteiger partial charge in [-0.2, -0.15) is 0 Å². The van der Waals surface area contributed by atoms with E-state index in [0.29, 0.717) is 22.5 Å². The van der Waals surface area contributed by atoms with Crippen molar-refractivity contribution in [1.29, 1.82) is 0 Å². The molecule has 1 N–H and O–H groups in total. The smallest absolute Gasteiger partial charge is 0.337 e. The second-order valence-electron chi connectivity index (χ2n) is 4.41. The summed E-state index contributed by atoms with van der Waals surface area (Å²) in [6.45, 7) is 0. The molecule has 21 heavy (non-hydrogen) atoms. The topological polar surface area (TPSA) is 63.8 Å². The zero-order chi connectivity index (χ0) is 15.0. The molecule has 0 aliphatic carbocycles. The quantitative estimate of drug-likeness (QED) is 0.739. The Morgan fingerprint density at radius 2 is 2.10 bits per heavy atom. The van der Waals surface area contributed by atoms with Gasteiger partial charge in [-0.05, 0) is 24.3 Å². The van der Waals surface area contributed by atoms with Crippen LogP contribution < -0.4 is 0 Å². The summed E-state index contributed by atoms with van der Waals surface area (Å²) in [7, 11) is 1.32. The van der Waals surface area contributed by atoms with E-state index < -0.39 is 5.97 Å². The number of methoxy groups -OCH3 is 1. The highest BCUT2D eigenvalue weighted by Crippen LogP contribution is 2.31. The molecule has 5 nitrogen and oxygen atoms in total. The number of esters is 1. The molecule has 0 aliphatic rings. The Hall–Kier alpha value is -2.53. The first-order valence-corrected chi connectivity index (χ1v) is 6.54. The minimum atomic E-state index is -0.445. The van der Waals surface area contributed by atoms with Crippen molar-refractivity contribution in [2.24, 2.45) is 0 Å². The van der Waals surface area contributed by atoms with Crippen LogP contribution in [-0.2, 0) is 4.74 Å². The molecule has 0 saturated heterocycles. The number of halogens is 1. The van der Waals surface area contributed by atoms with Crippen molar-refractivity contribution < 1.29 is 14.6 Å². The number of carbonyl (C=O) groups is 1. The zero-order valence-electron chi connectivity index (χ0n) is 11.1. The Morgan fingerprint density at radius 3 is 2.81 bits per heavy atom. The van der Waals surface area contributed by atoms with Gasteiger partial charge in [0.25, 0.3) is 0 Å². The monoisotopic (exact) mass is 302 g/mol. The van der Waals surface area contributed by atoms with Crippen LogP contribution in [0.15, 0.2) is 42.6 Å². The number of aromatic hydroxyl groups is 1. The summed E-state index contributed by atoms with van der Waals surface area (Å²) in [4.78, 5) is 15.8. The number of pyridine rings is 1. The number of nitrogens with zero attached hydrogens (tertiary/aromatic N) is 2. The molecule has 0 unspecified atom stereocenters. The minimum Gasteiger partial charge on any atom is -0.507 e. The number of hydrogen-bond acceptors (Lipinski definition) is 4. The summed E-state index contributed by atoms with van der Waals surface area (Å²) in [5.74, 6) is 0.168. The van der Waals surface area contributed by atoms with Crippen LogP contribution in [0, 0.1) is 0 Å². The highest BCUT2D eigenvalue weighted by molar-refractivity contribution is 6.33. The average Bonchev–Trinajstić information content (AvgIpc) is 2.83. The number of fused-ring (bicyclic) bond motifs is 1. The van der Waals surface area contributed by atoms with E-state index in [2.05, 4.69) is 9.72 Å². The fraction of sp³-hybridized carbons (Fsp3) is 0.0667. The van der Waals surface area contributed by atoms with Gasteiger partial charge in [-0.1, -0.05) is 23.7 Å². The highest BCUT2D eigenvalue weighted by Gasteiger charge is 2.16. The van der Waals surface area contributed by atoms with Crippen molar-refractivity contribution >= 4 is 23.1 Å². The van der Waals surface area contributed by atoms with Gasteiger partial charge < -0.3 is 9.84 Å². The molecule has 0 aliphatic heterocycles. The Balaban J connectivity index is 2.23. The third-order valence-corrected chi connectivity index (χ3v) is 3.44. The van der Waals surface area contributed by atoms with Gasteiger partial charge in [0.2, 0.25) is 0 Å². The second kappa shape index (κ2) is 5.10. The van der Waals surface area contributed by atoms with Crippen molar-refractivity contribution in [3.8, 4) is 17.1 Å². The predicted molar refractivity (Wildman–Crippen MR) is 78.6 cm³/mol. The van der Waals surface area contributed by atoms with E-state index in [0.717, 1.165) is 0 Å². The largest absolute Gasteiger partial charge is 0.507 e. The van der Waals surface area contributed by atoms with E-state index >= 15 is 0 Å². The van der Waals surface area contributed by atoms with Gasteiger partial charge in [0.1, 0.15) is 11.6 Å². The summed E-state index contributed by atoms with van der Waals surface area (Å²) in [6, 6.07) is 10.1. The third kappa shape index (κ3) is 2.21. The lowest BCUT2D eigenvalue weighted by Gasteiger charge is -2.04. The fourth-order valence-corrected chi connectivity index (χ4v) is 2.37. The average molecular weight is 303 g/mol. The summed E-state index contributed by atoms with van der Waals surface area (Å²) in [5, 5.41) is 10.2. The van der Waals surface area contributed by atoms with E-state index in [1.54, 1.807) is 47.0 Å². The molecular weight excluding hydrogens is 292 g/mol. The fourth-order valence-electron chi connectivity index (χ4n) is 2.15. The highest BCUT2D eigenvalue weighted by atomic mass is 35.5. The number of rotatable bonds is 2. The molecule has 3 aromatic rings. The van der Waals surface area contributed by atoms with Gasteiger partial charge in [0, 0.05) is 6.20 Å². The second-order valence-corrected chi connectivity index (χ2v) is 4.76. The lowest BCUT2D eigenvalue weighted by atomic mass is 10.2. The molecular formula is C15H11ClN2O3. The molecule has 2 heterocycles. The van der Waals surface area contributed by atoms with E-state index in [1.165, 1.54) is 7.11 Å². The van der Waals surface area contributed by atoms with Gasteiger partial charge in [0.05, 0.1) is 23.8 Å². The standard InChI is InChI=1S/C15H11ClN2O3/c1-21-15(20)9-6-7-18-11(8-9)13(16)17-14(18)10-4-2-3-5-12(10)19/h2-8,19H,1H3. The number of ether oxygens (including phenoxy) is 1. The van der Waals surface area contributed by atoms with Gasteiger partial charge >= 0.3 is 5.97 Å². The maximum absolute atomic E-state index is 11.6. The molecule has 0 fully saturated rings. The van der Waals surface area contributed by atoms with E-state index in [-0.39, 0.29) is 10.9 Å². The van der Waals surface area contributed by atoms with Crippen LogP contribution in [0.2, 0.25) is 5.15 Å². The number of phenols is 1. The number of benzene rings is 1. The number of aromatic nitrogens is 2. The molecule has 3 rings (SSSR count). The van der Waals surface area contributed by atoms with E-state index in [9.17, 15) is 9.90 Å². The number of hydrogen-bond donors (Lipinski definition) is 1. The predicted octanol–water partition coefficient (Wildman–Crippen LogP) is 3.15. The van der Waals surface area contributed by atoms with Crippen LogP contribution in [0.1, 0.15) is 10.4 Å². The Morgan fingerprint density at radius 1 is 1.33 bits per heavy atom. The van der Waals surface area contributed by atoms with Crippen LogP contribution >= 0.6 is 11.6 Å². The number of carbonyl (C=O) groups excluding carboxylic acids is 1. The van der Waals surface area contributed by atoms with Crippen molar-refractivity contribution in [2.75, 3.05) is 7.11 Å². The van der Waals surface area contributed by atoms with Gasteiger partial charge in [0.15, 0.2) is 5.15 Å². The lowest BCUT2D eigenvalue weighted by Crippen LogP contribution is -2.02. The van der Waals surface area contributed by atoms with Crippen molar-refractivity contribution in [1.82, 2.24) is 9.38 Å². The number of para-hydroxylation sites is 1. The molecule has 106 valence electrons. The first kappa shape index (κ1) is 13.5. The minimum absolute atomic E-state index is 0.109. The summed E-state index contributed by atoms with van der Waals surface area (Å²) >= 11 is 6.13. The molecule has 0 radical (unpaired) electrons. The summed E-state index contributed by atoms with van der Waals surface area (Å²) in [6.07, 6.45) is 1.67. The van der Waals surface area contributed by atoms with Crippen LogP contribution in [0.3, 0.4) is 0 Å². The summed E-state index contributed by atoms with van der Waals surface area (Å²) < 4.78 is 6.40. The maximum Gasteiger partial charge on any atom is 0.337 e. The zero-order valence-corrected chi connectivity index (χ0v) is 11.8. The first-order chi connectivity index (χ1) is 10.1. The van der Waals surface area contributed by atoms with Crippen LogP contribution in [-0.4, -0.2) is 27.6 Å². The third-order valence-electron chi connectivity index (χ3n) is 3.16. The molecule has 2 aromatic heterocycles. The number of imidazole rings is 1. The van der Waals surface area contributed by atoms with E-state index in [1.807, 2.05) is 0 Å². The van der Waals surface area contributed by atoms with Gasteiger partial charge in [-0.15, -0.1) is 0 Å². The Bertz CT molecular complexity index is 842. The maximum atomic E-state index is 11.6. The van der Waals surface area contributed by atoms with Gasteiger partial charge in [-0.25, -0.2) is 9.78 Å². The van der Waals surface area contributed by atoms with Crippen LogP contribution in [0.25, 0.3) is 16.9 Å². The van der Waals surface area contributed by atoms with Crippen LogP contribution in [0.4, 0.5) is 0 Å². The molecule has 1 aromatic carbocycles. The van der Waals surface area contributed by atoms with Crippen molar-refractivity contribution in [3.05, 3.63) is 53.3 Å². The molecule has 6 heteroatoms. The Labute approximate surface area is 125 Å². The molecule has 0 spiro atoms. The molecule has 0 bridgehead atoms. The Kier molecular flexibility index (Phi) is 3.27. The molecule has 0 saturated carbocycles. The SMILES string of the molecule is COC(=O)c1ccn2c(-c3ccccc3O)nc(Cl)c2c1. The van der Waals surface area contributed by atoms with Gasteiger partial charge in [-0.3, -0.25) is 4.40 Å². The lowest BCUT2D eigenvalue weighted by molar-refractivity contribution is 0.0600. The van der Waals surface area contributed by atoms with Crippen molar-refractivity contribution in [3.63, 3.8) is 0 Å². The van der Waals surface area contributed by atoms with E-state index in [4.69, 9.17) is 11.6 Å². The first-order valence-electron chi connectivity index (χ1n) is 6.16. The normalized spacial score (nSPS) is 10.8. The van der Waals surface area contributed by atoms with Crippen molar-refractivity contribution in [2.45, 2.75) is 0 Å². The number of phenolic OH excluding ortho intramolecular Hbond substituents is 1. The summed E-state index contributed by atoms with van der Waals surface area (Å²) in [5.41, 5.74) is 1.51.